The molecule has 0 bridgehead atoms. The van der Waals surface area contributed by atoms with Crippen LogP contribution < -0.4 is 0 Å². The van der Waals surface area contributed by atoms with Crippen LogP contribution in [0.15, 0.2) is 22.8 Å². The first-order valence-corrected chi connectivity index (χ1v) is 7.21. The van der Waals surface area contributed by atoms with Crippen LogP contribution in [-0.4, -0.2) is 21.0 Å². The fourth-order valence-corrected chi connectivity index (χ4v) is 2.08. The number of nitrogens with zero attached hydrogens (tertiary/aromatic N) is 3. The molecule has 0 radical (unpaired) electrons. The highest BCUT2D eigenvalue weighted by Crippen LogP contribution is 2.18. The summed E-state index contributed by atoms with van der Waals surface area (Å²) in [5, 5.41) is 4.51. The van der Waals surface area contributed by atoms with Gasteiger partial charge in [0.05, 0.1) is 12.0 Å². The van der Waals surface area contributed by atoms with Crippen molar-refractivity contribution in [2.45, 2.75) is 32.1 Å². The summed E-state index contributed by atoms with van der Waals surface area (Å²) in [4.78, 5) is 4.53. The minimum atomic E-state index is 0.690. The first-order chi connectivity index (χ1) is 8.35. The minimum absolute atomic E-state index is 0.690. The number of thioether (sulfide) groups is 1. The molecule has 0 saturated carbocycles. The zero-order valence-electron chi connectivity index (χ0n) is 10.2. The molecule has 0 amide bonds. The molecule has 17 heavy (non-hydrogen) atoms. The lowest BCUT2D eigenvalue weighted by atomic mass is 10.3. The van der Waals surface area contributed by atoms with Gasteiger partial charge in [-0.2, -0.15) is 11.8 Å². The van der Waals surface area contributed by atoms with Crippen molar-refractivity contribution in [3.05, 3.63) is 24.2 Å². The zero-order valence-corrected chi connectivity index (χ0v) is 11.0. The Morgan fingerprint density at radius 2 is 2.35 bits per heavy atom. The third-order valence-corrected chi connectivity index (χ3v) is 3.03. The highest BCUT2D eigenvalue weighted by Gasteiger charge is 2.12. The molecular weight excluding hydrogens is 234 g/mol. The summed E-state index contributed by atoms with van der Waals surface area (Å²) < 4.78 is 7.32. The Hall–Kier alpha value is -1.23. The van der Waals surface area contributed by atoms with Crippen LogP contribution in [0, 0.1) is 0 Å². The molecule has 2 aromatic heterocycles. The second-order valence-electron chi connectivity index (χ2n) is 3.84. The normalized spacial score (nSPS) is 10.9. The topological polar surface area (TPSA) is 43.9 Å². The Bertz CT molecular complexity index is 450. The van der Waals surface area contributed by atoms with Crippen molar-refractivity contribution in [2.24, 2.45) is 0 Å². The Morgan fingerprint density at radius 3 is 3.00 bits per heavy atom. The van der Waals surface area contributed by atoms with E-state index in [0.29, 0.717) is 5.82 Å². The lowest BCUT2D eigenvalue weighted by Crippen LogP contribution is -2.04. The molecule has 2 heterocycles. The molecule has 4 nitrogen and oxygen atoms in total. The first kappa shape index (κ1) is 12.2. The fourth-order valence-electron chi connectivity index (χ4n) is 1.61. The number of hydrogen-bond acceptors (Lipinski definition) is 4. The van der Waals surface area contributed by atoms with E-state index in [0.717, 1.165) is 36.7 Å². The van der Waals surface area contributed by atoms with Gasteiger partial charge >= 0.3 is 0 Å². The SMILES string of the molecule is CCCCn1nc(-c2ccco2)nc1CSC. The Morgan fingerprint density at radius 1 is 1.47 bits per heavy atom. The minimum Gasteiger partial charge on any atom is -0.461 e. The van der Waals surface area contributed by atoms with Gasteiger partial charge in [-0.15, -0.1) is 5.10 Å². The summed E-state index contributed by atoms with van der Waals surface area (Å²) in [6.07, 6.45) is 6.01. The molecule has 92 valence electrons. The average Bonchev–Trinajstić information content (AvgIpc) is 2.95. The molecule has 0 atom stereocenters. The van der Waals surface area contributed by atoms with Gasteiger partial charge in [0.25, 0.3) is 0 Å². The molecule has 0 fully saturated rings. The molecule has 0 saturated heterocycles. The maximum atomic E-state index is 5.33. The van der Waals surface area contributed by atoms with E-state index in [1.807, 2.05) is 16.8 Å². The zero-order chi connectivity index (χ0) is 12.1. The van der Waals surface area contributed by atoms with E-state index in [9.17, 15) is 0 Å². The Kier molecular flexibility index (Phi) is 4.25. The summed E-state index contributed by atoms with van der Waals surface area (Å²) in [6.45, 7) is 3.11. The van der Waals surface area contributed by atoms with Gasteiger partial charge < -0.3 is 4.42 Å². The quantitative estimate of drug-likeness (QED) is 0.790. The number of rotatable bonds is 6. The largest absolute Gasteiger partial charge is 0.461 e. The molecule has 0 aliphatic heterocycles. The van der Waals surface area contributed by atoms with Crippen LogP contribution in [0.3, 0.4) is 0 Å². The highest BCUT2D eigenvalue weighted by atomic mass is 32.2. The number of aromatic nitrogens is 3. The van der Waals surface area contributed by atoms with Gasteiger partial charge in [0, 0.05) is 6.54 Å². The van der Waals surface area contributed by atoms with Gasteiger partial charge in [0.2, 0.25) is 5.82 Å². The molecule has 0 aliphatic rings. The standard InChI is InChI=1S/C12H17N3OS/c1-3-4-7-15-11(9-17-2)13-12(14-15)10-6-5-8-16-10/h5-6,8H,3-4,7,9H2,1-2H3. The van der Waals surface area contributed by atoms with Crippen LogP contribution >= 0.6 is 11.8 Å². The van der Waals surface area contributed by atoms with E-state index in [1.165, 1.54) is 0 Å². The summed E-state index contributed by atoms with van der Waals surface area (Å²) in [6, 6.07) is 3.75. The molecule has 2 rings (SSSR count). The molecule has 2 aromatic rings. The lowest BCUT2D eigenvalue weighted by Gasteiger charge is -2.02. The maximum Gasteiger partial charge on any atom is 0.217 e. The maximum absolute atomic E-state index is 5.33. The van der Waals surface area contributed by atoms with E-state index in [1.54, 1.807) is 18.0 Å². The van der Waals surface area contributed by atoms with Crippen molar-refractivity contribution in [1.29, 1.82) is 0 Å². The van der Waals surface area contributed by atoms with E-state index in [4.69, 9.17) is 4.42 Å². The van der Waals surface area contributed by atoms with Crippen molar-refractivity contribution in [3.8, 4) is 11.6 Å². The van der Waals surface area contributed by atoms with E-state index >= 15 is 0 Å². The molecule has 0 aliphatic carbocycles. The first-order valence-electron chi connectivity index (χ1n) is 5.81. The number of furan rings is 1. The second kappa shape index (κ2) is 5.91. The van der Waals surface area contributed by atoms with Gasteiger partial charge in [0.1, 0.15) is 5.82 Å². The van der Waals surface area contributed by atoms with Crippen molar-refractivity contribution in [3.63, 3.8) is 0 Å². The van der Waals surface area contributed by atoms with Crippen LogP contribution in [0.4, 0.5) is 0 Å². The summed E-state index contributed by atoms with van der Waals surface area (Å²) in [7, 11) is 0. The van der Waals surface area contributed by atoms with E-state index in [-0.39, 0.29) is 0 Å². The predicted octanol–water partition coefficient (Wildman–Crippen LogP) is 3.20. The summed E-state index contributed by atoms with van der Waals surface area (Å²) >= 11 is 1.76. The molecule has 0 spiro atoms. The van der Waals surface area contributed by atoms with Crippen LogP contribution in [0.25, 0.3) is 11.6 Å². The third kappa shape index (κ3) is 2.91. The number of aryl methyl sites for hydroxylation is 1. The highest BCUT2D eigenvalue weighted by molar-refractivity contribution is 7.97. The molecule has 0 N–H and O–H groups in total. The number of unbranched alkanes of at least 4 members (excludes halogenated alkanes) is 1. The van der Waals surface area contributed by atoms with Crippen molar-refractivity contribution >= 4 is 11.8 Å². The van der Waals surface area contributed by atoms with Gasteiger partial charge in [-0.1, -0.05) is 13.3 Å². The third-order valence-electron chi connectivity index (χ3n) is 2.49. The van der Waals surface area contributed by atoms with Crippen molar-refractivity contribution in [1.82, 2.24) is 14.8 Å². The van der Waals surface area contributed by atoms with Crippen LogP contribution in [-0.2, 0) is 12.3 Å². The second-order valence-corrected chi connectivity index (χ2v) is 4.70. The lowest BCUT2D eigenvalue weighted by molar-refractivity contribution is 0.548. The predicted molar refractivity (Wildman–Crippen MR) is 69.9 cm³/mol. The van der Waals surface area contributed by atoms with Crippen LogP contribution in [0.5, 0.6) is 0 Å². The Labute approximate surface area is 105 Å². The fraction of sp³-hybridized carbons (Fsp3) is 0.500. The van der Waals surface area contributed by atoms with Crippen LogP contribution in [0.2, 0.25) is 0 Å². The van der Waals surface area contributed by atoms with Crippen molar-refractivity contribution < 1.29 is 4.42 Å². The van der Waals surface area contributed by atoms with Gasteiger partial charge in [-0.25, -0.2) is 9.67 Å². The summed E-state index contributed by atoms with van der Waals surface area (Å²) in [5.74, 6) is 3.34. The summed E-state index contributed by atoms with van der Waals surface area (Å²) in [5.41, 5.74) is 0. The number of hydrogen-bond donors (Lipinski definition) is 0. The monoisotopic (exact) mass is 251 g/mol. The molecule has 5 heteroatoms. The van der Waals surface area contributed by atoms with Gasteiger partial charge in [-0.3, -0.25) is 0 Å². The smallest absolute Gasteiger partial charge is 0.217 e. The Balaban J connectivity index is 2.24. The van der Waals surface area contributed by atoms with Crippen LogP contribution in [0.1, 0.15) is 25.6 Å². The van der Waals surface area contributed by atoms with Gasteiger partial charge in [0.15, 0.2) is 5.76 Å². The van der Waals surface area contributed by atoms with E-state index < -0.39 is 0 Å². The van der Waals surface area contributed by atoms with E-state index in [2.05, 4.69) is 23.3 Å². The molecule has 0 aromatic carbocycles. The van der Waals surface area contributed by atoms with Gasteiger partial charge in [-0.05, 0) is 24.8 Å². The molecular formula is C12H17N3OS. The molecule has 0 unspecified atom stereocenters. The van der Waals surface area contributed by atoms with Crippen molar-refractivity contribution in [2.75, 3.05) is 6.26 Å². The average molecular weight is 251 g/mol.